The summed E-state index contributed by atoms with van der Waals surface area (Å²) in [5.41, 5.74) is 29.0. The maximum absolute atomic E-state index is 2.66. The van der Waals surface area contributed by atoms with Gasteiger partial charge in [-0.3, -0.25) is 0 Å². The molecule has 2 aliphatic rings. The van der Waals surface area contributed by atoms with E-state index in [4.69, 9.17) is 0 Å². The van der Waals surface area contributed by atoms with Crippen molar-refractivity contribution < 1.29 is 0 Å². The van der Waals surface area contributed by atoms with E-state index in [0.29, 0.717) is 0 Å². The molecule has 0 fully saturated rings. The summed E-state index contributed by atoms with van der Waals surface area (Å²) in [6.45, 7) is -0.178. The third kappa shape index (κ3) is 8.89. The number of para-hydroxylation sites is 2. The van der Waals surface area contributed by atoms with Crippen LogP contribution in [0.25, 0.3) is 111 Å². The van der Waals surface area contributed by atoms with Gasteiger partial charge >= 0.3 is 0 Å². The van der Waals surface area contributed by atoms with Crippen molar-refractivity contribution in [3.8, 4) is 89.0 Å². The molecule has 2 heterocycles. The smallest absolute Gasteiger partial charge is 0.252 e. The lowest BCUT2D eigenvalue weighted by atomic mass is 9.33. The van der Waals surface area contributed by atoms with Crippen molar-refractivity contribution in [3.63, 3.8) is 0 Å². The fraction of sp³-hybridized carbons (Fsp3) is 0. The van der Waals surface area contributed by atoms with Crippen LogP contribution in [-0.4, -0.2) is 6.71 Å². The van der Waals surface area contributed by atoms with E-state index in [1.807, 2.05) is 0 Å². The number of anilines is 6. The Morgan fingerprint density at radius 1 is 0.202 bits per heavy atom. The number of hydrogen-bond donors (Lipinski definition) is 0. The van der Waals surface area contributed by atoms with Crippen molar-refractivity contribution in [1.82, 2.24) is 0 Å². The van der Waals surface area contributed by atoms with Gasteiger partial charge < -0.3 is 9.80 Å². The third-order valence-corrected chi connectivity index (χ3v) is 18.4. The summed E-state index contributed by atoms with van der Waals surface area (Å²) in [6.07, 6.45) is 0. The van der Waals surface area contributed by atoms with Crippen molar-refractivity contribution in [2.24, 2.45) is 0 Å². The van der Waals surface area contributed by atoms with Crippen LogP contribution in [0.2, 0.25) is 0 Å². The number of rotatable bonds is 10. The Morgan fingerprint density at radius 3 is 0.921 bits per heavy atom. The zero-order valence-electron chi connectivity index (χ0n) is 48.9. The molecule has 0 spiro atoms. The highest BCUT2D eigenvalue weighted by atomic mass is 15.2. The molecule has 17 rings (SSSR count). The van der Waals surface area contributed by atoms with E-state index in [1.54, 1.807) is 0 Å². The minimum Gasteiger partial charge on any atom is -0.310 e. The summed E-state index contributed by atoms with van der Waals surface area (Å²) in [4.78, 5) is 5.33. The van der Waals surface area contributed by atoms with Crippen LogP contribution in [0.1, 0.15) is 0 Å². The fourth-order valence-electron chi connectivity index (χ4n) is 14.4. The SMILES string of the molecule is c1ccc(-c2ccc3c(c2)N(c2c(-c4ccccc4)cccc2-c2ccccc2)c2cc(-c4cccc(-c5c6ccccc6cc6ccccc56)c4)cc4c2B3c2ccc(-c3ccccc3)cc2N4c2c(-c3ccccc3)cccc2-c2ccccc2)cc1. The number of fused-ring (bicyclic) bond motifs is 6. The molecule has 0 N–H and O–H groups in total. The Balaban J connectivity index is 1.05. The van der Waals surface area contributed by atoms with Crippen LogP contribution in [-0.2, 0) is 0 Å². The second-order valence-corrected chi connectivity index (χ2v) is 23.5. The van der Waals surface area contributed by atoms with Crippen molar-refractivity contribution in [2.75, 3.05) is 9.80 Å². The monoisotopic (exact) mass is 1130 g/mol. The van der Waals surface area contributed by atoms with E-state index in [2.05, 4.69) is 356 Å². The molecule has 0 atom stereocenters. The minimum absolute atomic E-state index is 0.178. The predicted octanol–water partition coefficient (Wildman–Crippen LogP) is 21.4. The molecule has 0 amide bonds. The highest BCUT2D eigenvalue weighted by Crippen LogP contribution is 2.54. The molecule has 15 aromatic carbocycles. The molecule has 89 heavy (non-hydrogen) atoms. The number of hydrogen-bond acceptors (Lipinski definition) is 2. The fourth-order valence-corrected chi connectivity index (χ4v) is 14.4. The molecule has 0 unspecified atom stereocenters. The Bertz CT molecular complexity index is 4770. The maximum Gasteiger partial charge on any atom is 0.252 e. The summed E-state index contributed by atoms with van der Waals surface area (Å²) in [6, 6.07) is 129. The molecule has 3 heteroatoms. The van der Waals surface area contributed by atoms with Crippen LogP contribution in [0.15, 0.2) is 346 Å². The van der Waals surface area contributed by atoms with Crippen molar-refractivity contribution in [3.05, 3.63) is 346 Å². The number of nitrogens with zero attached hydrogens (tertiary/aromatic N) is 2. The average Bonchev–Trinajstić information content (AvgIpc) is 0.707. The maximum atomic E-state index is 2.66. The van der Waals surface area contributed by atoms with Gasteiger partial charge in [-0.2, -0.15) is 0 Å². The van der Waals surface area contributed by atoms with E-state index in [9.17, 15) is 0 Å². The van der Waals surface area contributed by atoms with Crippen molar-refractivity contribution in [2.45, 2.75) is 0 Å². The first kappa shape index (κ1) is 51.9. The highest BCUT2D eigenvalue weighted by Gasteiger charge is 2.45. The minimum atomic E-state index is -0.178. The Labute approximate surface area is 520 Å². The molecule has 0 radical (unpaired) electrons. The van der Waals surface area contributed by atoms with Crippen LogP contribution in [0.5, 0.6) is 0 Å². The second-order valence-electron chi connectivity index (χ2n) is 23.5. The van der Waals surface area contributed by atoms with Gasteiger partial charge in [0.15, 0.2) is 0 Å². The van der Waals surface area contributed by atoms with E-state index in [-0.39, 0.29) is 6.71 Å². The topological polar surface area (TPSA) is 6.48 Å². The first-order valence-electron chi connectivity index (χ1n) is 30.8. The zero-order chi connectivity index (χ0) is 58.8. The van der Waals surface area contributed by atoms with Gasteiger partial charge in [0.05, 0.1) is 11.4 Å². The van der Waals surface area contributed by atoms with Crippen molar-refractivity contribution >= 4 is 78.8 Å². The Morgan fingerprint density at radius 2 is 0.517 bits per heavy atom. The van der Waals surface area contributed by atoms with Crippen LogP contribution in [0, 0.1) is 0 Å². The Hall–Kier alpha value is -11.5. The molecule has 0 bridgehead atoms. The first-order valence-corrected chi connectivity index (χ1v) is 30.8. The predicted molar refractivity (Wildman–Crippen MR) is 379 cm³/mol. The summed E-state index contributed by atoms with van der Waals surface area (Å²) in [5.74, 6) is 0. The molecular weight excluding hydrogens is 1070 g/mol. The van der Waals surface area contributed by atoms with Crippen LogP contribution < -0.4 is 26.2 Å². The van der Waals surface area contributed by atoms with E-state index < -0.39 is 0 Å². The van der Waals surface area contributed by atoms with Crippen molar-refractivity contribution in [1.29, 1.82) is 0 Å². The number of benzene rings is 15. The summed E-state index contributed by atoms with van der Waals surface area (Å²) >= 11 is 0. The molecule has 0 saturated carbocycles. The zero-order valence-corrected chi connectivity index (χ0v) is 48.9. The molecule has 15 aromatic rings. The van der Waals surface area contributed by atoms with Gasteiger partial charge in [0.1, 0.15) is 0 Å². The van der Waals surface area contributed by atoms with Gasteiger partial charge in [-0.25, -0.2) is 0 Å². The van der Waals surface area contributed by atoms with E-state index in [0.717, 1.165) is 101 Å². The van der Waals surface area contributed by atoms with E-state index >= 15 is 0 Å². The summed E-state index contributed by atoms with van der Waals surface area (Å²) < 4.78 is 0. The Kier molecular flexibility index (Phi) is 12.7. The largest absolute Gasteiger partial charge is 0.310 e. The molecule has 0 aromatic heterocycles. The first-order chi connectivity index (χ1) is 44.2. The van der Waals surface area contributed by atoms with Gasteiger partial charge in [0.2, 0.25) is 0 Å². The molecule has 414 valence electrons. The van der Waals surface area contributed by atoms with E-state index in [1.165, 1.54) is 60.2 Å². The highest BCUT2D eigenvalue weighted by molar-refractivity contribution is 7.00. The standard InChI is InChI=1S/C86H57BN2/c1-7-26-58(27-8-1)65-48-50-77-79(54-65)88(85-73(60-30-11-3-12-31-60)44-24-45-74(85)61-32-13-4-14-33-61)81-56-70(64-40-23-41-69(52-64)83-71-42-21-19-38-67(71)53-68-39-20-22-43-72(68)83)57-82-84(81)87(77)78-51-49-66(59-28-9-2-10-29-59)55-80(78)89(82)86-75(62-34-15-5-16-35-62)46-25-47-76(86)63-36-17-6-18-37-63/h1-57H. The van der Waals surface area contributed by atoms with Gasteiger partial charge in [0, 0.05) is 45.0 Å². The summed E-state index contributed by atoms with van der Waals surface area (Å²) in [7, 11) is 0. The van der Waals surface area contributed by atoms with Crippen LogP contribution in [0.4, 0.5) is 34.1 Å². The molecule has 0 saturated heterocycles. The van der Waals surface area contributed by atoms with Gasteiger partial charge in [-0.1, -0.05) is 309 Å². The molecule has 2 aliphatic heterocycles. The lowest BCUT2D eigenvalue weighted by molar-refractivity contribution is 1.25. The normalized spacial score (nSPS) is 12.2. The molecule has 2 nitrogen and oxygen atoms in total. The second kappa shape index (κ2) is 21.8. The van der Waals surface area contributed by atoms with Gasteiger partial charge in [-0.15, -0.1) is 0 Å². The lowest BCUT2D eigenvalue weighted by Gasteiger charge is -2.46. The molecule has 0 aliphatic carbocycles. The van der Waals surface area contributed by atoms with Gasteiger partial charge in [-0.05, 0) is 141 Å². The molecular formula is C86H57BN2. The quantitative estimate of drug-likeness (QED) is 0.0995. The lowest BCUT2D eigenvalue weighted by Crippen LogP contribution is -2.61. The third-order valence-electron chi connectivity index (χ3n) is 18.4. The van der Waals surface area contributed by atoms with Crippen LogP contribution >= 0.6 is 0 Å². The average molecular weight is 1130 g/mol. The summed E-state index contributed by atoms with van der Waals surface area (Å²) in [5, 5.41) is 4.92. The van der Waals surface area contributed by atoms with Crippen LogP contribution in [0.3, 0.4) is 0 Å². The van der Waals surface area contributed by atoms with Gasteiger partial charge in [0.25, 0.3) is 6.71 Å².